The van der Waals surface area contributed by atoms with Crippen LogP contribution in [-0.2, 0) is 20.9 Å². The number of carbonyl (C=O) groups excluding carboxylic acids is 2. The molecule has 25 heavy (non-hydrogen) atoms. The Morgan fingerprint density at radius 2 is 1.84 bits per heavy atom. The number of rotatable bonds is 9. The van der Waals surface area contributed by atoms with E-state index in [2.05, 4.69) is 5.32 Å². The van der Waals surface area contributed by atoms with Crippen molar-refractivity contribution in [1.29, 1.82) is 0 Å². The van der Waals surface area contributed by atoms with Gasteiger partial charge in [-0.15, -0.1) is 0 Å². The predicted octanol–water partition coefficient (Wildman–Crippen LogP) is 2.77. The van der Waals surface area contributed by atoms with Crippen molar-refractivity contribution in [2.75, 3.05) is 6.54 Å². The van der Waals surface area contributed by atoms with Gasteiger partial charge < -0.3 is 20.0 Å². The van der Waals surface area contributed by atoms with Gasteiger partial charge in [-0.3, -0.25) is 4.79 Å². The van der Waals surface area contributed by atoms with Crippen LogP contribution in [0, 0.1) is 0 Å². The maximum atomic E-state index is 11.8. The fraction of sp³-hybridized carbons (Fsp3) is 0.556. The molecule has 0 aromatic heterocycles. The number of carbonyl (C=O) groups is 2. The molecule has 0 saturated carbocycles. The van der Waals surface area contributed by atoms with Crippen LogP contribution in [0.25, 0.3) is 0 Å². The van der Waals surface area contributed by atoms with E-state index in [9.17, 15) is 9.59 Å². The highest BCUT2D eigenvalue weighted by atomic mass is 16.6. The topological polar surface area (TPSA) is 96.9 Å². The lowest BCUT2D eigenvalue weighted by Gasteiger charge is -2.23. The molecular weight excluding hydrogens is 324 g/mol. The van der Waals surface area contributed by atoms with E-state index in [0.29, 0.717) is 25.8 Å². The lowest BCUT2D eigenvalue weighted by molar-refractivity contribution is -0.160. The fourth-order valence-corrected chi connectivity index (χ4v) is 2.05. The van der Waals surface area contributed by atoms with E-state index in [1.165, 1.54) is 0 Å². The number of nitrogens with one attached hydrogen (secondary N) is 2. The monoisotopic (exact) mass is 352 g/mol. The minimum Gasteiger partial charge on any atom is -0.459 e. The second-order valence-electron chi connectivity index (χ2n) is 6.70. The molecule has 0 fully saturated rings. The number of hydrogen-bond donors (Lipinski definition) is 3. The number of amides is 1. The van der Waals surface area contributed by atoms with Gasteiger partial charge in [0.05, 0.1) is 0 Å². The average Bonchev–Trinajstić information content (AvgIpc) is 2.55. The summed E-state index contributed by atoms with van der Waals surface area (Å²) in [5.74, 6) is -0.495. The Balaban J connectivity index is 2.15. The third kappa shape index (κ3) is 9.69. The molecule has 1 atom stereocenters. The molecule has 7 nitrogen and oxygen atoms in total. The zero-order valence-electron chi connectivity index (χ0n) is 15.1. The van der Waals surface area contributed by atoms with E-state index in [-0.39, 0.29) is 6.61 Å². The van der Waals surface area contributed by atoms with E-state index < -0.39 is 23.7 Å². The Labute approximate surface area is 148 Å². The van der Waals surface area contributed by atoms with Crippen molar-refractivity contribution in [1.82, 2.24) is 10.8 Å². The second-order valence-corrected chi connectivity index (χ2v) is 6.70. The van der Waals surface area contributed by atoms with Crippen LogP contribution >= 0.6 is 0 Å². The number of hydrogen-bond acceptors (Lipinski definition) is 6. The Kier molecular flexibility index (Phi) is 8.94. The first-order chi connectivity index (χ1) is 11.8. The summed E-state index contributed by atoms with van der Waals surface area (Å²) in [5, 5.41) is 11.7. The average molecular weight is 352 g/mol. The number of ether oxygens (including phenoxy) is 2. The molecule has 0 aliphatic carbocycles. The summed E-state index contributed by atoms with van der Waals surface area (Å²) < 4.78 is 10.3. The lowest BCUT2D eigenvalue weighted by atomic mass is 10.1. The summed E-state index contributed by atoms with van der Waals surface area (Å²) in [6.07, 6.45) is 1.22. The van der Waals surface area contributed by atoms with Crippen LogP contribution in [0.15, 0.2) is 30.3 Å². The van der Waals surface area contributed by atoms with Crippen LogP contribution in [0.1, 0.15) is 45.6 Å². The molecule has 1 amide bonds. The van der Waals surface area contributed by atoms with Crippen molar-refractivity contribution in [2.45, 2.75) is 58.3 Å². The van der Waals surface area contributed by atoms with Crippen molar-refractivity contribution in [3.8, 4) is 0 Å². The van der Waals surface area contributed by atoms with Gasteiger partial charge in [-0.25, -0.2) is 4.79 Å². The van der Waals surface area contributed by atoms with Crippen molar-refractivity contribution in [3.63, 3.8) is 0 Å². The zero-order chi connectivity index (χ0) is 18.7. The van der Waals surface area contributed by atoms with Gasteiger partial charge in [-0.05, 0) is 45.6 Å². The smallest absolute Gasteiger partial charge is 0.407 e. The first kappa shape index (κ1) is 20.9. The summed E-state index contributed by atoms with van der Waals surface area (Å²) in [4.78, 5) is 23.4. The quantitative estimate of drug-likeness (QED) is 0.359. The highest BCUT2D eigenvalue weighted by Gasteiger charge is 2.24. The summed E-state index contributed by atoms with van der Waals surface area (Å²) in [6.45, 7) is 5.96. The van der Waals surface area contributed by atoms with Gasteiger partial charge in [-0.1, -0.05) is 30.3 Å². The van der Waals surface area contributed by atoms with E-state index in [0.717, 1.165) is 5.56 Å². The number of hydroxylamine groups is 1. The summed E-state index contributed by atoms with van der Waals surface area (Å²) in [7, 11) is 0. The van der Waals surface area contributed by atoms with E-state index >= 15 is 0 Å². The Morgan fingerprint density at radius 1 is 1.16 bits per heavy atom. The standard InChI is InChI=1S/C18H28N2O5/c1-18(2,3)25-16(21)15(20-23)11-7-8-12-19-17(22)24-13-14-9-5-4-6-10-14/h4-6,9-10,15,20,23H,7-8,11-13H2,1-3H3,(H,19,22). The van der Waals surface area contributed by atoms with Crippen molar-refractivity contribution in [2.24, 2.45) is 0 Å². The van der Waals surface area contributed by atoms with Gasteiger partial charge in [0, 0.05) is 6.54 Å². The van der Waals surface area contributed by atoms with Crippen LogP contribution in [0.3, 0.4) is 0 Å². The van der Waals surface area contributed by atoms with Crippen LogP contribution in [0.5, 0.6) is 0 Å². The molecule has 1 rings (SSSR count). The number of benzene rings is 1. The zero-order valence-corrected chi connectivity index (χ0v) is 15.1. The molecule has 0 bridgehead atoms. The van der Waals surface area contributed by atoms with Gasteiger partial charge in [0.1, 0.15) is 18.2 Å². The fourth-order valence-electron chi connectivity index (χ4n) is 2.05. The minimum absolute atomic E-state index is 0.224. The molecule has 7 heteroatoms. The largest absolute Gasteiger partial charge is 0.459 e. The predicted molar refractivity (Wildman–Crippen MR) is 93.0 cm³/mol. The number of esters is 1. The van der Waals surface area contributed by atoms with Crippen molar-refractivity contribution < 1.29 is 24.3 Å². The molecular formula is C18H28N2O5. The molecule has 0 aliphatic heterocycles. The molecule has 1 aromatic rings. The van der Waals surface area contributed by atoms with Crippen LogP contribution < -0.4 is 10.8 Å². The van der Waals surface area contributed by atoms with E-state index in [1.807, 2.05) is 35.8 Å². The van der Waals surface area contributed by atoms with Gasteiger partial charge in [0.15, 0.2) is 0 Å². The van der Waals surface area contributed by atoms with Gasteiger partial charge in [0.2, 0.25) is 0 Å². The molecule has 0 aliphatic rings. The highest BCUT2D eigenvalue weighted by molar-refractivity contribution is 5.75. The minimum atomic E-state index is -0.774. The summed E-state index contributed by atoms with van der Waals surface area (Å²) in [6, 6.07) is 8.65. The maximum absolute atomic E-state index is 11.8. The molecule has 1 aromatic carbocycles. The normalized spacial score (nSPS) is 12.3. The lowest BCUT2D eigenvalue weighted by Crippen LogP contribution is -2.39. The van der Waals surface area contributed by atoms with Gasteiger partial charge >= 0.3 is 12.1 Å². The molecule has 140 valence electrons. The van der Waals surface area contributed by atoms with Crippen LogP contribution in [0.2, 0.25) is 0 Å². The SMILES string of the molecule is CC(C)(C)OC(=O)C(CCCCNC(=O)OCc1ccccc1)NO. The Morgan fingerprint density at radius 3 is 2.44 bits per heavy atom. The Bertz CT molecular complexity index is 528. The van der Waals surface area contributed by atoms with Crippen molar-refractivity contribution in [3.05, 3.63) is 35.9 Å². The molecule has 0 spiro atoms. The molecule has 0 radical (unpaired) electrons. The van der Waals surface area contributed by atoms with E-state index in [4.69, 9.17) is 14.7 Å². The van der Waals surface area contributed by atoms with Gasteiger partial charge in [-0.2, -0.15) is 5.48 Å². The van der Waals surface area contributed by atoms with Gasteiger partial charge in [0.25, 0.3) is 0 Å². The summed E-state index contributed by atoms with van der Waals surface area (Å²) in [5.41, 5.74) is 2.30. The molecule has 3 N–H and O–H groups in total. The second kappa shape index (κ2) is 10.7. The first-order valence-corrected chi connectivity index (χ1v) is 8.39. The first-order valence-electron chi connectivity index (χ1n) is 8.39. The van der Waals surface area contributed by atoms with E-state index in [1.54, 1.807) is 20.8 Å². The maximum Gasteiger partial charge on any atom is 0.407 e. The number of alkyl carbamates (subject to hydrolysis) is 1. The third-order valence-electron chi connectivity index (χ3n) is 3.25. The molecule has 0 saturated heterocycles. The third-order valence-corrected chi connectivity index (χ3v) is 3.25. The number of unbranched alkanes of at least 4 members (excludes halogenated alkanes) is 1. The Hall–Kier alpha value is -2.12. The molecule has 0 heterocycles. The highest BCUT2D eigenvalue weighted by Crippen LogP contribution is 2.11. The van der Waals surface area contributed by atoms with Crippen LogP contribution in [-0.4, -0.2) is 35.5 Å². The summed E-state index contributed by atoms with van der Waals surface area (Å²) >= 11 is 0. The van der Waals surface area contributed by atoms with Crippen molar-refractivity contribution >= 4 is 12.1 Å². The molecule has 1 unspecified atom stereocenters. The van der Waals surface area contributed by atoms with Crippen LogP contribution in [0.4, 0.5) is 4.79 Å².